The molecule has 0 unspecified atom stereocenters. The molecule has 1 aliphatic rings. The Morgan fingerprint density at radius 2 is 1.65 bits per heavy atom. The molecule has 1 fully saturated rings. The van der Waals surface area contributed by atoms with E-state index in [9.17, 15) is 4.79 Å². The molecule has 0 aliphatic carbocycles. The van der Waals surface area contributed by atoms with Crippen molar-refractivity contribution in [3.63, 3.8) is 0 Å². The second-order valence-electron chi connectivity index (χ2n) is 7.27. The summed E-state index contributed by atoms with van der Waals surface area (Å²) in [7, 11) is 2.15. The Morgan fingerprint density at radius 3 is 2.26 bits per heavy atom. The lowest BCUT2D eigenvalue weighted by molar-refractivity contribution is -0.105. The molecule has 4 rings (SSSR count). The van der Waals surface area contributed by atoms with Gasteiger partial charge in [0.15, 0.2) is 0 Å². The molecule has 0 radical (unpaired) electrons. The summed E-state index contributed by atoms with van der Waals surface area (Å²) < 4.78 is 0. The first kappa shape index (κ1) is 23.0. The largest absolute Gasteiger partial charge is 0.369 e. The predicted octanol–water partition coefficient (Wildman–Crippen LogP) is 4.77. The van der Waals surface area contributed by atoms with Crippen LogP contribution in [0.15, 0.2) is 54.9 Å². The Bertz CT molecular complexity index is 1010. The number of hydrogen-bond donors (Lipinski definition) is 1. The first-order chi connectivity index (χ1) is 15.0. The van der Waals surface area contributed by atoms with E-state index in [-0.39, 0.29) is 0 Å². The van der Waals surface area contributed by atoms with Crippen molar-refractivity contribution >= 4 is 41.0 Å². The average Bonchev–Trinajstić information content (AvgIpc) is 2.77. The van der Waals surface area contributed by atoms with E-state index in [1.165, 1.54) is 12.0 Å². The fraction of sp³-hybridized carbons (Fsp3) is 0.261. The maximum Gasteiger partial charge on any atom is 0.211 e. The molecule has 1 amide bonds. The Hall–Kier alpha value is -2.67. The van der Waals surface area contributed by atoms with Gasteiger partial charge < -0.3 is 15.1 Å². The third-order valence-corrected chi connectivity index (χ3v) is 5.72. The molecule has 1 saturated heterocycles. The molecule has 0 bridgehead atoms. The Balaban J connectivity index is 0.000000176. The van der Waals surface area contributed by atoms with Gasteiger partial charge in [0.05, 0.1) is 15.7 Å². The Morgan fingerprint density at radius 1 is 0.935 bits per heavy atom. The van der Waals surface area contributed by atoms with Gasteiger partial charge in [0.1, 0.15) is 6.33 Å². The van der Waals surface area contributed by atoms with Gasteiger partial charge in [-0.05, 0) is 56.4 Å². The van der Waals surface area contributed by atoms with E-state index in [0.29, 0.717) is 16.5 Å². The van der Waals surface area contributed by atoms with Crippen molar-refractivity contribution < 1.29 is 4.79 Å². The molecular formula is C23H25Cl2N5O. The van der Waals surface area contributed by atoms with Crippen molar-refractivity contribution in [3.8, 4) is 11.3 Å². The molecule has 1 N–H and O–H groups in total. The van der Waals surface area contributed by atoms with Gasteiger partial charge in [-0.25, -0.2) is 9.97 Å². The van der Waals surface area contributed by atoms with Crippen molar-refractivity contribution in [2.24, 2.45) is 0 Å². The zero-order valence-corrected chi connectivity index (χ0v) is 19.1. The van der Waals surface area contributed by atoms with Crippen LogP contribution in [-0.4, -0.2) is 54.5 Å². The number of halogens is 2. The van der Waals surface area contributed by atoms with E-state index in [1.807, 2.05) is 31.2 Å². The summed E-state index contributed by atoms with van der Waals surface area (Å²) >= 11 is 11.8. The van der Waals surface area contributed by atoms with Crippen molar-refractivity contribution in [2.45, 2.75) is 6.92 Å². The van der Waals surface area contributed by atoms with E-state index in [2.05, 4.69) is 44.3 Å². The fourth-order valence-electron chi connectivity index (χ4n) is 3.17. The topological polar surface area (TPSA) is 61.4 Å². The summed E-state index contributed by atoms with van der Waals surface area (Å²) in [4.78, 5) is 23.2. The molecule has 1 aliphatic heterocycles. The van der Waals surface area contributed by atoms with Crippen molar-refractivity contribution in [2.75, 3.05) is 43.4 Å². The Labute approximate surface area is 192 Å². The predicted molar refractivity (Wildman–Crippen MR) is 128 cm³/mol. The molecule has 2 aromatic carbocycles. The third-order valence-electron chi connectivity index (χ3n) is 4.98. The number of likely N-dealkylation sites (N-methyl/N-ethyl adjacent to an activating group) is 1. The molecule has 1 aromatic heterocycles. The zero-order valence-electron chi connectivity index (χ0n) is 17.6. The number of carbonyl (C=O) groups excluding carboxylic acids is 1. The second-order valence-corrected chi connectivity index (χ2v) is 8.09. The fourth-order valence-corrected chi connectivity index (χ4v) is 3.47. The molecular weight excluding hydrogens is 433 g/mol. The summed E-state index contributed by atoms with van der Waals surface area (Å²) in [5.41, 5.74) is 4.78. The summed E-state index contributed by atoms with van der Waals surface area (Å²) in [6.07, 6.45) is 2.23. The number of aryl methyl sites for hydroxylation is 1. The van der Waals surface area contributed by atoms with Gasteiger partial charge in [0.25, 0.3) is 0 Å². The molecule has 6 nitrogen and oxygen atoms in total. The van der Waals surface area contributed by atoms with Gasteiger partial charge in [-0.3, -0.25) is 4.79 Å². The van der Waals surface area contributed by atoms with Crippen LogP contribution in [0.4, 0.5) is 11.4 Å². The lowest BCUT2D eigenvalue weighted by Crippen LogP contribution is -2.44. The molecule has 31 heavy (non-hydrogen) atoms. The summed E-state index contributed by atoms with van der Waals surface area (Å²) in [5, 5.41) is 3.72. The standard InChI is InChI=1S/C12H17N3O.C11H8Cl2N2/c1-14-6-8-15(9-7-14)12-4-2-11(3-5-12)13-10-16;1-7-4-11(15-6-14-7)8-2-3-9(12)10(13)5-8/h2-5,10H,6-9H2,1H3,(H,13,16);2-6H,1H3. The molecule has 0 spiro atoms. The lowest BCUT2D eigenvalue weighted by atomic mass is 10.1. The van der Waals surface area contributed by atoms with Crippen LogP contribution in [-0.2, 0) is 4.79 Å². The number of amides is 1. The zero-order chi connectivity index (χ0) is 22.2. The third kappa shape index (κ3) is 6.66. The number of hydrogen-bond acceptors (Lipinski definition) is 5. The van der Waals surface area contributed by atoms with Crippen molar-refractivity contribution in [3.05, 3.63) is 70.6 Å². The number of piperazine rings is 1. The highest BCUT2D eigenvalue weighted by molar-refractivity contribution is 6.42. The highest BCUT2D eigenvalue weighted by atomic mass is 35.5. The van der Waals surface area contributed by atoms with Gasteiger partial charge in [-0.15, -0.1) is 0 Å². The lowest BCUT2D eigenvalue weighted by Gasteiger charge is -2.34. The number of anilines is 2. The van der Waals surface area contributed by atoms with Crippen LogP contribution in [0.3, 0.4) is 0 Å². The van der Waals surface area contributed by atoms with Crippen LogP contribution < -0.4 is 10.2 Å². The van der Waals surface area contributed by atoms with Gasteiger partial charge >= 0.3 is 0 Å². The number of aromatic nitrogens is 2. The molecule has 8 heteroatoms. The smallest absolute Gasteiger partial charge is 0.211 e. The number of benzene rings is 2. The summed E-state index contributed by atoms with van der Waals surface area (Å²) in [5.74, 6) is 0. The molecule has 162 valence electrons. The maximum atomic E-state index is 10.3. The minimum Gasteiger partial charge on any atom is -0.369 e. The highest BCUT2D eigenvalue weighted by Gasteiger charge is 2.13. The van der Waals surface area contributed by atoms with Crippen molar-refractivity contribution in [1.82, 2.24) is 14.9 Å². The number of carbonyl (C=O) groups is 1. The van der Waals surface area contributed by atoms with Gasteiger partial charge in [-0.2, -0.15) is 0 Å². The molecule has 0 saturated carbocycles. The Kier molecular flexibility index (Phi) is 8.23. The first-order valence-electron chi connectivity index (χ1n) is 9.94. The minimum absolute atomic E-state index is 0.533. The number of nitrogens with one attached hydrogen (secondary N) is 1. The van der Waals surface area contributed by atoms with E-state index in [1.54, 1.807) is 12.1 Å². The number of rotatable bonds is 4. The minimum atomic E-state index is 0.533. The summed E-state index contributed by atoms with van der Waals surface area (Å²) in [6.45, 7) is 6.26. The van der Waals surface area contributed by atoms with E-state index >= 15 is 0 Å². The van der Waals surface area contributed by atoms with E-state index in [0.717, 1.165) is 48.8 Å². The number of nitrogens with zero attached hydrogens (tertiary/aromatic N) is 4. The van der Waals surface area contributed by atoms with Crippen LogP contribution in [0.1, 0.15) is 5.69 Å². The second kappa shape index (κ2) is 11.1. The first-order valence-corrected chi connectivity index (χ1v) is 10.7. The molecule has 0 atom stereocenters. The SMILES string of the molecule is CN1CCN(c2ccc(NC=O)cc2)CC1.Cc1cc(-c2ccc(Cl)c(Cl)c2)ncn1. The van der Waals surface area contributed by atoms with Gasteiger partial charge in [-0.1, -0.05) is 29.3 Å². The van der Waals surface area contributed by atoms with E-state index < -0.39 is 0 Å². The highest BCUT2D eigenvalue weighted by Crippen LogP contribution is 2.27. The summed E-state index contributed by atoms with van der Waals surface area (Å²) in [6, 6.07) is 15.3. The van der Waals surface area contributed by atoms with Crippen LogP contribution in [0, 0.1) is 6.92 Å². The van der Waals surface area contributed by atoms with E-state index in [4.69, 9.17) is 23.2 Å². The molecule has 3 aromatic rings. The van der Waals surface area contributed by atoms with Crippen molar-refractivity contribution in [1.29, 1.82) is 0 Å². The van der Waals surface area contributed by atoms with Gasteiger partial charge in [0, 0.05) is 48.8 Å². The van der Waals surface area contributed by atoms with Crippen LogP contribution >= 0.6 is 23.2 Å². The average molecular weight is 458 g/mol. The van der Waals surface area contributed by atoms with Gasteiger partial charge in [0.2, 0.25) is 6.41 Å². The molecule has 2 heterocycles. The normalized spacial score (nSPS) is 13.9. The van der Waals surface area contributed by atoms with Crippen LogP contribution in [0.2, 0.25) is 10.0 Å². The maximum absolute atomic E-state index is 10.3. The van der Waals surface area contributed by atoms with Crippen LogP contribution in [0.5, 0.6) is 0 Å². The quantitative estimate of drug-likeness (QED) is 0.571. The van der Waals surface area contributed by atoms with Crippen LogP contribution in [0.25, 0.3) is 11.3 Å². The monoisotopic (exact) mass is 457 g/mol.